The van der Waals surface area contributed by atoms with Crippen LogP contribution in [0.4, 0.5) is 0 Å². The summed E-state index contributed by atoms with van der Waals surface area (Å²) in [4.78, 5) is 0. The number of hydrogen-bond donors (Lipinski definition) is 0. The average Bonchev–Trinajstić information content (AvgIpc) is 1.00. The monoisotopic (exact) mass is 76.0 g/mol. The van der Waals surface area contributed by atoms with Gasteiger partial charge in [0.25, 0.3) is 0 Å². The summed E-state index contributed by atoms with van der Waals surface area (Å²) in [5.41, 5.74) is 0. The fourth-order valence-corrected chi connectivity index (χ4v) is 0. The van der Waals surface area contributed by atoms with Crippen molar-refractivity contribution in [2.75, 3.05) is 0 Å². The molecule has 0 fully saturated rings. The zero-order valence-electron chi connectivity index (χ0n) is 2.12. The maximum absolute atomic E-state index is 8.28. The second-order valence-electron chi connectivity index (χ2n) is 0. The van der Waals surface area contributed by atoms with E-state index in [1.165, 1.54) is 0 Å². The first-order valence-electron chi connectivity index (χ1n) is 0.289. The first-order chi connectivity index (χ1) is 1.00. The Balaban J connectivity index is -0.00000000500. The van der Waals surface area contributed by atoms with Gasteiger partial charge in [0, 0.05) is 0 Å². The van der Waals surface area contributed by atoms with E-state index in [1.54, 1.807) is 0 Å². The molecular formula is H4MgO3. The summed E-state index contributed by atoms with van der Waals surface area (Å²) in [5, 5.41) is 0. The van der Waals surface area contributed by atoms with Crippen molar-refractivity contribution in [1.82, 2.24) is 0 Å². The van der Waals surface area contributed by atoms with Crippen molar-refractivity contribution in [3.05, 3.63) is 0 Å². The van der Waals surface area contributed by atoms with Crippen molar-refractivity contribution < 1.29 is 14.1 Å². The van der Waals surface area contributed by atoms with Crippen LogP contribution in [-0.4, -0.2) is 32.6 Å². The van der Waals surface area contributed by atoms with E-state index in [0.29, 0.717) is 21.7 Å². The molecule has 0 aromatic carbocycles. The van der Waals surface area contributed by atoms with Gasteiger partial charge in [-0.05, 0) is 0 Å². The molecule has 0 unspecified atom stereocenters. The second-order valence-corrected chi connectivity index (χ2v) is 0. The molecule has 0 spiro atoms. The third-order valence-electron chi connectivity index (χ3n) is 0. The number of rotatable bonds is 0. The molecule has 4 heteroatoms. The summed E-state index contributed by atoms with van der Waals surface area (Å²) >= 11 is 0.611. The van der Waals surface area contributed by atoms with Gasteiger partial charge in [-0.1, -0.05) is 0 Å². The summed E-state index contributed by atoms with van der Waals surface area (Å²) in [6, 6.07) is 0. The van der Waals surface area contributed by atoms with Gasteiger partial charge in [-0.25, -0.2) is 0 Å². The Morgan fingerprint density at radius 2 is 1.00 bits per heavy atom. The fraction of sp³-hybridized carbons (Fsp3) is 0. The zero-order chi connectivity index (χ0) is 2.00. The summed E-state index contributed by atoms with van der Waals surface area (Å²) in [6.45, 7) is 0. The molecule has 0 aliphatic heterocycles. The van der Waals surface area contributed by atoms with E-state index in [0.717, 1.165) is 0 Å². The summed E-state index contributed by atoms with van der Waals surface area (Å²) in [7, 11) is 0. The van der Waals surface area contributed by atoms with Crippen LogP contribution in [0.15, 0.2) is 0 Å². The van der Waals surface area contributed by atoms with E-state index in [9.17, 15) is 0 Å². The van der Waals surface area contributed by atoms with E-state index in [-0.39, 0.29) is 11.0 Å². The molecule has 0 radical (unpaired) electrons. The van der Waals surface area contributed by atoms with Crippen molar-refractivity contribution >= 4 is 21.7 Å². The van der Waals surface area contributed by atoms with Gasteiger partial charge in [-0.15, -0.1) is 0 Å². The number of hydrogen-bond acceptors (Lipinski definition) is 1. The molecule has 4 N–H and O–H groups in total. The van der Waals surface area contributed by atoms with E-state index >= 15 is 0 Å². The van der Waals surface area contributed by atoms with Gasteiger partial charge in [0.1, 0.15) is 0 Å². The maximum atomic E-state index is 8.28. The summed E-state index contributed by atoms with van der Waals surface area (Å²) in [5.74, 6) is 0. The van der Waals surface area contributed by atoms with Crippen LogP contribution >= 0.6 is 0 Å². The molecule has 0 aliphatic rings. The third-order valence-corrected chi connectivity index (χ3v) is 0. The summed E-state index contributed by atoms with van der Waals surface area (Å²) in [6.07, 6.45) is 0. The molecule has 4 heavy (non-hydrogen) atoms. The van der Waals surface area contributed by atoms with Crippen LogP contribution in [0.5, 0.6) is 0 Å². The Kier molecular flexibility index (Phi) is 562. The van der Waals surface area contributed by atoms with Crippen molar-refractivity contribution in [3.8, 4) is 0 Å². The van der Waals surface area contributed by atoms with Crippen LogP contribution in [0.1, 0.15) is 0 Å². The summed E-state index contributed by atoms with van der Waals surface area (Å²) < 4.78 is 8.28. The first-order valence-corrected chi connectivity index (χ1v) is 0.866. The van der Waals surface area contributed by atoms with Crippen LogP contribution < -0.4 is 0 Å². The SMILES string of the molecule is O.O.[O]=[Mg]. The Morgan fingerprint density at radius 1 is 1.00 bits per heavy atom. The van der Waals surface area contributed by atoms with Crippen molar-refractivity contribution in [3.63, 3.8) is 0 Å². The molecule has 0 saturated carbocycles. The Hall–Kier alpha value is 0.486. The molecule has 0 atom stereocenters. The molecule has 24 valence electrons. The zero-order valence-corrected chi connectivity index (χ0v) is 3.53. The van der Waals surface area contributed by atoms with E-state index in [4.69, 9.17) is 3.17 Å². The average molecular weight is 76.3 g/mol. The molecule has 0 aromatic rings. The normalized spacial score (nSPS) is 1.50. The van der Waals surface area contributed by atoms with Crippen LogP contribution in [0, 0.1) is 0 Å². The topological polar surface area (TPSA) is 80.1 Å². The molecule has 0 bridgehead atoms. The van der Waals surface area contributed by atoms with Crippen LogP contribution in [0.25, 0.3) is 0 Å². The predicted molar refractivity (Wildman–Crippen MR) is 13.7 cm³/mol. The minimum absolute atomic E-state index is 0. The third kappa shape index (κ3) is 23.2. The minimum atomic E-state index is 0. The van der Waals surface area contributed by atoms with Crippen molar-refractivity contribution in [2.45, 2.75) is 0 Å². The molecule has 0 aliphatic carbocycles. The van der Waals surface area contributed by atoms with E-state index < -0.39 is 0 Å². The van der Waals surface area contributed by atoms with Gasteiger partial charge in [-0.3, -0.25) is 0 Å². The van der Waals surface area contributed by atoms with Crippen molar-refractivity contribution in [2.24, 2.45) is 0 Å². The standard InChI is InChI=1S/Mg.2H2O.O/h;2*1H2;. The van der Waals surface area contributed by atoms with E-state index in [2.05, 4.69) is 0 Å². The van der Waals surface area contributed by atoms with Crippen LogP contribution in [0.3, 0.4) is 0 Å². The first kappa shape index (κ1) is 24.7. The Morgan fingerprint density at radius 3 is 1.00 bits per heavy atom. The van der Waals surface area contributed by atoms with Crippen molar-refractivity contribution in [1.29, 1.82) is 0 Å². The molecule has 0 aromatic heterocycles. The van der Waals surface area contributed by atoms with Gasteiger partial charge in [0.15, 0.2) is 0 Å². The molecule has 3 nitrogen and oxygen atoms in total. The molecule has 0 rings (SSSR count). The molecule has 0 amide bonds. The molecular weight excluding hydrogens is 72.3 g/mol. The second kappa shape index (κ2) is 91.1. The fourth-order valence-electron chi connectivity index (χ4n) is 0. The Labute approximate surface area is 36.4 Å². The predicted octanol–water partition coefficient (Wildman–Crippen LogP) is -2.15. The quantitative estimate of drug-likeness (QED) is 0.303. The van der Waals surface area contributed by atoms with Gasteiger partial charge >= 0.3 is 24.9 Å². The Bertz CT molecular complexity index is 3.25. The van der Waals surface area contributed by atoms with Crippen LogP contribution in [-0.2, 0) is 3.17 Å². The molecule has 0 saturated heterocycles. The van der Waals surface area contributed by atoms with Gasteiger partial charge in [-0.2, -0.15) is 0 Å². The molecule has 0 heterocycles. The van der Waals surface area contributed by atoms with Gasteiger partial charge in [0.05, 0.1) is 0 Å². The van der Waals surface area contributed by atoms with Crippen LogP contribution in [0.2, 0.25) is 0 Å². The van der Waals surface area contributed by atoms with Gasteiger partial charge in [0.2, 0.25) is 0 Å². The van der Waals surface area contributed by atoms with Gasteiger partial charge < -0.3 is 11.0 Å². The van der Waals surface area contributed by atoms with E-state index in [1.807, 2.05) is 0 Å².